The van der Waals surface area contributed by atoms with E-state index in [2.05, 4.69) is 17.6 Å². The molecular weight excluding hydrogens is 470 g/mol. The number of phenols is 1. The molecule has 2 aromatic rings. The first kappa shape index (κ1) is 29.7. The minimum absolute atomic E-state index is 0.00308. The summed E-state index contributed by atoms with van der Waals surface area (Å²) in [6.45, 7) is 9.52. The molecule has 0 saturated heterocycles. The van der Waals surface area contributed by atoms with Crippen LogP contribution in [0.4, 0.5) is 4.79 Å². The highest BCUT2D eigenvalue weighted by atomic mass is 16.6. The molecule has 8 nitrogen and oxygen atoms in total. The highest BCUT2D eigenvalue weighted by Crippen LogP contribution is 2.26. The van der Waals surface area contributed by atoms with Crippen LogP contribution in [0.15, 0.2) is 54.6 Å². The number of rotatable bonds is 12. The highest BCUT2D eigenvalue weighted by molar-refractivity contribution is 5.92. The van der Waals surface area contributed by atoms with E-state index in [4.69, 9.17) is 4.74 Å². The van der Waals surface area contributed by atoms with Crippen molar-refractivity contribution < 1.29 is 24.2 Å². The van der Waals surface area contributed by atoms with Crippen LogP contribution in [0.3, 0.4) is 0 Å². The van der Waals surface area contributed by atoms with Crippen molar-refractivity contribution in [2.75, 3.05) is 6.54 Å². The molecule has 0 spiro atoms. The third-order valence-electron chi connectivity index (χ3n) is 5.69. The van der Waals surface area contributed by atoms with Crippen LogP contribution < -0.4 is 10.6 Å². The Bertz CT molecular complexity index is 1020. The summed E-state index contributed by atoms with van der Waals surface area (Å²) in [5, 5.41) is 15.7. The maximum Gasteiger partial charge on any atom is 0.408 e. The molecule has 37 heavy (non-hydrogen) atoms. The number of nitrogens with one attached hydrogen (secondary N) is 2. The van der Waals surface area contributed by atoms with Crippen molar-refractivity contribution in [2.24, 2.45) is 0 Å². The average Bonchev–Trinajstić information content (AvgIpc) is 2.83. The molecule has 2 rings (SSSR count). The zero-order valence-corrected chi connectivity index (χ0v) is 22.6. The van der Waals surface area contributed by atoms with Crippen molar-refractivity contribution in [1.82, 2.24) is 15.5 Å². The van der Waals surface area contributed by atoms with Crippen LogP contribution in [0.5, 0.6) is 5.75 Å². The van der Waals surface area contributed by atoms with Gasteiger partial charge in [-0.1, -0.05) is 68.7 Å². The van der Waals surface area contributed by atoms with Gasteiger partial charge in [0, 0.05) is 13.1 Å². The molecule has 2 aromatic carbocycles. The van der Waals surface area contributed by atoms with Gasteiger partial charge in [-0.2, -0.15) is 0 Å². The minimum Gasteiger partial charge on any atom is -0.508 e. The van der Waals surface area contributed by atoms with E-state index < -0.39 is 29.7 Å². The zero-order valence-electron chi connectivity index (χ0n) is 22.6. The Balaban J connectivity index is 2.35. The normalized spacial score (nSPS) is 12.8. The number of hydrogen-bond donors (Lipinski definition) is 3. The van der Waals surface area contributed by atoms with E-state index in [1.165, 1.54) is 17.0 Å². The molecule has 0 aliphatic heterocycles. The molecule has 0 aromatic heterocycles. The van der Waals surface area contributed by atoms with Gasteiger partial charge in [0.2, 0.25) is 11.8 Å². The van der Waals surface area contributed by atoms with Crippen molar-refractivity contribution >= 4 is 17.9 Å². The van der Waals surface area contributed by atoms with Gasteiger partial charge in [-0.25, -0.2) is 4.79 Å². The largest absolute Gasteiger partial charge is 0.508 e. The van der Waals surface area contributed by atoms with Gasteiger partial charge in [0.15, 0.2) is 0 Å². The average molecular weight is 512 g/mol. The van der Waals surface area contributed by atoms with Gasteiger partial charge in [0.05, 0.1) is 0 Å². The van der Waals surface area contributed by atoms with Crippen LogP contribution in [0.2, 0.25) is 0 Å². The zero-order chi connectivity index (χ0) is 27.4. The van der Waals surface area contributed by atoms with Crippen molar-refractivity contribution in [3.05, 3.63) is 65.7 Å². The van der Waals surface area contributed by atoms with Gasteiger partial charge in [0.1, 0.15) is 23.4 Å². The summed E-state index contributed by atoms with van der Waals surface area (Å²) < 4.78 is 5.31. The number of aromatic hydroxyl groups is 1. The molecule has 3 N–H and O–H groups in total. The van der Waals surface area contributed by atoms with Crippen molar-refractivity contribution in [1.29, 1.82) is 0 Å². The molecule has 2 unspecified atom stereocenters. The maximum absolute atomic E-state index is 13.7. The Kier molecular flexibility index (Phi) is 11.4. The van der Waals surface area contributed by atoms with Crippen LogP contribution in [-0.2, 0) is 20.9 Å². The number of ether oxygens (including phenoxy) is 1. The lowest BCUT2D eigenvalue weighted by Crippen LogP contribution is -2.52. The fraction of sp³-hybridized carbons (Fsp3) is 0.483. The first-order valence-corrected chi connectivity index (χ1v) is 12.9. The predicted molar refractivity (Wildman–Crippen MR) is 144 cm³/mol. The molecule has 0 heterocycles. The van der Waals surface area contributed by atoms with Gasteiger partial charge in [-0.05, 0) is 57.4 Å². The van der Waals surface area contributed by atoms with Gasteiger partial charge in [-0.15, -0.1) is 0 Å². The van der Waals surface area contributed by atoms with Crippen LogP contribution in [0, 0.1) is 0 Å². The SMILES string of the molecule is CCCCCCN(C(=O)C(C)NC(=O)OC(C)(C)C)C(C(=O)NCc1ccccc1)c1cccc(O)c1. The summed E-state index contributed by atoms with van der Waals surface area (Å²) in [5.41, 5.74) is 0.693. The summed E-state index contributed by atoms with van der Waals surface area (Å²) in [6.07, 6.45) is 2.91. The van der Waals surface area contributed by atoms with Gasteiger partial charge in [0.25, 0.3) is 0 Å². The van der Waals surface area contributed by atoms with Gasteiger partial charge in [-0.3, -0.25) is 9.59 Å². The summed E-state index contributed by atoms with van der Waals surface area (Å²) in [6, 6.07) is 13.9. The topological polar surface area (TPSA) is 108 Å². The van der Waals surface area contributed by atoms with Crippen molar-refractivity contribution in [3.8, 4) is 5.75 Å². The number of phenolic OH excluding ortho intramolecular Hbond substituents is 1. The number of unbranched alkanes of at least 4 members (excludes halogenated alkanes) is 3. The van der Waals surface area contributed by atoms with Crippen LogP contribution in [0.25, 0.3) is 0 Å². The fourth-order valence-electron chi connectivity index (χ4n) is 3.92. The Morgan fingerprint density at radius 3 is 2.32 bits per heavy atom. The van der Waals surface area contributed by atoms with Crippen LogP contribution in [0.1, 0.15) is 77.5 Å². The summed E-state index contributed by atoms with van der Waals surface area (Å²) >= 11 is 0. The molecule has 0 radical (unpaired) electrons. The number of carbonyl (C=O) groups is 3. The second kappa shape index (κ2) is 14.3. The van der Waals surface area contributed by atoms with E-state index in [-0.39, 0.29) is 11.7 Å². The Hall–Kier alpha value is -3.55. The molecular formula is C29H41N3O5. The molecule has 0 aliphatic rings. The molecule has 0 saturated carbocycles. The molecule has 2 atom stereocenters. The second-order valence-electron chi connectivity index (χ2n) is 10.2. The lowest BCUT2D eigenvalue weighted by Gasteiger charge is -2.34. The van der Waals surface area contributed by atoms with Crippen molar-refractivity contribution in [3.63, 3.8) is 0 Å². The molecule has 3 amide bonds. The first-order valence-electron chi connectivity index (χ1n) is 12.9. The predicted octanol–water partition coefficient (Wildman–Crippen LogP) is 5.07. The van der Waals surface area contributed by atoms with Crippen LogP contribution in [-0.4, -0.2) is 46.1 Å². The summed E-state index contributed by atoms with van der Waals surface area (Å²) in [4.78, 5) is 41.1. The molecule has 0 fully saturated rings. The number of hydrogen-bond acceptors (Lipinski definition) is 5. The highest BCUT2D eigenvalue weighted by Gasteiger charge is 2.34. The maximum atomic E-state index is 13.7. The number of nitrogens with zero attached hydrogens (tertiary/aromatic N) is 1. The lowest BCUT2D eigenvalue weighted by atomic mass is 10.0. The number of alkyl carbamates (subject to hydrolysis) is 1. The van der Waals surface area contributed by atoms with Gasteiger partial charge < -0.3 is 25.4 Å². The fourth-order valence-corrected chi connectivity index (χ4v) is 3.92. The van der Waals surface area contributed by atoms with E-state index in [1.807, 2.05) is 30.3 Å². The van der Waals surface area contributed by atoms with Gasteiger partial charge >= 0.3 is 6.09 Å². The Labute approximate surface area is 220 Å². The number of carbonyl (C=O) groups excluding carboxylic acids is 3. The summed E-state index contributed by atoms with van der Waals surface area (Å²) in [5.74, 6) is -0.787. The molecule has 8 heteroatoms. The summed E-state index contributed by atoms with van der Waals surface area (Å²) in [7, 11) is 0. The van der Waals surface area contributed by atoms with Crippen molar-refractivity contribution in [2.45, 2.75) is 84.5 Å². The van der Waals surface area contributed by atoms with E-state index in [0.717, 1.165) is 24.8 Å². The third kappa shape index (κ3) is 10.1. The Morgan fingerprint density at radius 1 is 1.00 bits per heavy atom. The smallest absolute Gasteiger partial charge is 0.408 e. The Morgan fingerprint density at radius 2 is 1.70 bits per heavy atom. The van der Waals surface area contributed by atoms with E-state index in [1.54, 1.807) is 39.8 Å². The molecule has 202 valence electrons. The monoisotopic (exact) mass is 511 g/mol. The van der Waals surface area contributed by atoms with E-state index in [9.17, 15) is 19.5 Å². The standard InChI is InChI=1S/C29H41N3O5/c1-6-7-8-12-18-32(27(35)21(2)31-28(36)37-29(3,4)5)25(23-16-13-17-24(33)19-23)26(34)30-20-22-14-10-9-11-15-22/h9-11,13-17,19,21,25,33H,6-8,12,18,20H2,1-5H3,(H,30,34)(H,31,36). The third-order valence-corrected chi connectivity index (χ3v) is 5.69. The molecule has 0 aliphatic carbocycles. The first-order chi connectivity index (χ1) is 17.5. The number of amides is 3. The van der Waals surface area contributed by atoms with E-state index >= 15 is 0 Å². The second-order valence-corrected chi connectivity index (χ2v) is 10.2. The van der Waals surface area contributed by atoms with Crippen LogP contribution >= 0.6 is 0 Å². The lowest BCUT2D eigenvalue weighted by molar-refractivity contribution is -0.142. The minimum atomic E-state index is -0.993. The number of benzene rings is 2. The van der Waals surface area contributed by atoms with E-state index in [0.29, 0.717) is 25.1 Å². The molecule has 0 bridgehead atoms. The quantitative estimate of drug-likeness (QED) is 0.345.